The minimum atomic E-state index is 0.686. The van der Waals surface area contributed by atoms with Gasteiger partial charge in [0.1, 0.15) is 6.33 Å². The van der Waals surface area contributed by atoms with E-state index in [1.165, 1.54) is 5.56 Å². The Hall–Kier alpha value is -2.99. The normalized spacial score (nSPS) is 10.7. The van der Waals surface area contributed by atoms with Crippen LogP contribution in [0.3, 0.4) is 0 Å². The molecule has 0 amide bonds. The van der Waals surface area contributed by atoms with Gasteiger partial charge in [-0.15, -0.1) is 5.10 Å². The summed E-state index contributed by atoms with van der Waals surface area (Å²) in [5, 5.41) is 8.10. The monoisotopic (exact) mass is 405 g/mol. The van der Waals surface area contributed by atoms with Gasteiger partial charge in [-0.05, 0) is 54.1 Å². The highest BCUT2D eigenvalue weighted by molar-refractivity contribution is 9.10. The van der Waals surface area contributed by atoms with E-state index in [-0.39, 0.29) is 0 Å². The third-order valence-corrected chi connectivity index (χ3v) is 4.51. The van der Waals surface area contributed by atoms with Gasteiger partial charge in [0.05, 0.1) is 5.69 Å². The van der Waals surface area contributed by atoms with E-state index in [1.807, 2.05) is 60.7 Å². The van der Waals surface area contributed by atoms with E-state index < -0.39 is 0 Å². The number of para-hydroxylation sites is 1. The van der Waals surface area contributed by atoms with E-state index in [0.29, 0.717) is 12.4 Å². The number of hydrogen-bond donors (Lipinski definition) is 1. The molecule has 26 heavy (non-hydrogen) atoms. The maximum atomic E-state index is 4.64. The number of hydrogen-bond acceptors (Lipinski definition) is 4. The van der Waals surface area contributed by atoms with Crippen LogP contribution in [-0.4, -0.2) is 19.7 Å². The first-order valence-electron chi connectivity index (χ1n) is 8.19. The molecule has 0 saturated heterocycles. The molecule has 0 atom stereocenters. The van der Waals surface area contributed by atoms with Crippen LogP contribution >= 0.6 is 15.9 Å². The third kappa shape index (κ3) is 3.65. The summed E-state index contributed by atoms with van der Waals surface area (Å²) in [7, 11) is 0. The van der Waals surface area contributed by atoms with Crippen molar-refractivity contribution >= 4 is 21.6 Å². The van der Waals surface area contributed by atoms with Crippen LogP contribution in [-0.2, 0) is 6.54 Å². The molecule has 128 valence electrons. The summed E-state index contributed by atoms with van der Waals surface area (Å²) in [6, 6.07) is 20.0. The van der Waals surface area contributed by atoms with Gasteiger partial charge in [-0.2, -0.15) is 0 Å². The fourth-order valence-electron chi connectivity index (χ4n) is 2.63. The SMILES string of the molecule is Brc1ccc(-n2cnc(-c3ccccc3NCc3ccncc3)n2)cc1. The highest BCUT2D eigenvalue weighted by atomic mass is 79.9. The first kappa shape index (κ1) is 16.5. The highest BCUT2D eigenvalue weighted by Crippen LogP contribution is 2.26. The van der Waals surface area contributed by atoms with Crippen molar-refractivity contribution in [2.45, 2.75) is 6.54 Å². The van der Waals surface area contributed by atoms with Crippen molar-refractivity contribution in [3.63, 3.8) is 0 Å². The van der Waals surface area contributed by atoms with E-state index in [2.05, 4.69) is 36.3 Å². The van der Waals surface area contributed by atoms with Crippen LogP contribution < -0.4 is 5.32 Å². The van der Waals surface area contributed by atoms with Crippen molar-refractivity contribution < 1.29 is 0 Å². The summed E-state index contributed by atoms with van der Waals surface area (Å²) in [5.41, 5.74) is 4.10. The molecule has 0 fully saturated rings. The van der Waals surface area contributed by atoms with Gasteiger partial charge in [0.15, 0.2) is 5.82 Å². The maximum absolute atomic E-state index is 4.64. The zero-order chi connectivity index (χ0) is 17.8. The quantitative estimate of drug-likeness (QED) is 0.522. The summed E-state index contributed by atoms with van der Waals surface area (Å²) in [5.74, 6) is 0.686. The average molecular weight is 406 g/mol. The molecule has 0 radical (unpaired) electrons. The molecule has 0 aliphatic heterocycles. The van der Waals surface area contributed by atoms with Gasteiger partial charge in [-0.3, -0.25) is 4.98 Å². The fourth-order valence-corrected chi connectivity index (χ4v) is 2.90. The topological polar surface area (TPSA) is 55.6 Å². The number of nitrogens with one attached hydrogen (secondary N) is 1. The Morgan fingerprint density at radius 3 is 2.50 bits per heavy atom. The number of anilines is 1. The van der Waals surface area contributed by atoms with E-state index >= 15 is 0 Å². The van der Waals surface area contributed by atoms with Crippen molar-refractivity contribution in [1.29, 1.82) is 0 Å². The lowest BCUT2D eigenvalue weighted by atomic mass is 10.1. The van der Waals surface area contributed by atoms with Gasteiger partial charge < -0.3 is 5.32 Å². The van der Waals surface area contributed by atoms with Gasteiger partial charge in [0.2, 0.25) is 0 Å². The summed E-state index contributed by atoms with van der Waals surface area (Å²) < 4.78 is 2.81. The number of aromatic nitrogens is 4. The standard InChI is InChI=1S/C20H16BrN5/c21-16-5-7-17(8-6-16)26-14-24-20(25-26)18-3-1-2-4-19(18)23-13-15-9-11-22-12-10-15/h1-12,14,23H,13H2. The summed E-state index contributed by atoms with van der Waals surface area (Å²) in [6.07, 6.45) is 5.33. The zero-order valence-electron chi connectivity index (χ0n) is 13.9. The van der Waals surface area contributed by atoms with Gasteiger partial charge in [0, 0.05) is 34.7 Å². The summed E-state index contributed by atoms with van der Waals surface area (Å²) in [4.78, 5) is 8.54. The third-order valence-electron chi connectivity index (χ3n) is 3.98. The van der Waals surface area contributed by atoms with Gasteiger partial charge in [0.25, 0.3) is 0 Å². The van der Waals surface area contributed by atoms with Crippen LogP contribution in [0, 0.1) is 0 Å². The second-order valence-corrected chi connectivity index (χ2v) is 6.66. The lowest BCUT2D eigenvalue weighted by molar-refractivity contribution is 0.882. The molecule has 0 aliphatic rings. The molecule has 2 aromatic heterocycles. The van der Waals surface area contributed by atoms with Crippen LogP contribution in [0.2, 0.25) is 0 Å². The molecule has 2 aromatic carbocycles. The van der Waals surface area contributed by atoms with E-state index in [4.69, 9.17) is 0 Å². The largest absolute Gasteiger partial charge is 0.380 e. The van der Waals surface area contributed by atoms with Crippen molar-refractivity contribution in [2.75, 3.05) is 5.32 Å². The average Bonchev–Trinajstić information content (AvgIpc) is 3.18. The summed E-state index contributed by atoms with van der Waals surface area (Å²) >= 11 is 3.45. The van der Waals surface area contributed by atoms with Crippen molar-refractivity contribution in [3.05, 3.63) is 89.4 Å². The maximum Gasteiger partial charge on any atom is 0.183 e. The molecule has 0 spiro atoms. The van der Waals surface area contributed by atoms with E-state index in [1.54, 1.807) is 23.4 Å². The van der Waals surface area contributed by atoms with Crippen LogP contribution in [0.1, 0.15) is 5.56 Å². The number of pyridine rings is 1. The predicted octanol–water partition coefficient (Wildman–Crippen LogP) is 4.70. The number of benzene rings is 2. The Balaban J connectivity index is 1.59. The van der Waals surface area contributed by atoms with Gasteiger partial charge in [-0.1, -0.05) is 28.1 Å². The lowest BCUT2D eigenvalue weighted by Gasteiger charge is -2.10. The Morgan fingerprint density at radius 2 is 1.69 bits per heavy atom. The van der Waals surface area contributed by atoms with E-state index in [9.17, 15) is 0 Å². The van der Waals surface area contributed by atoms with Crippen molar-refractivity contribution in [2.24, 2.45) is 0 Å². The Morgan fingerprint density at radius 1 is 0.923 bits per heavy atom. The first-order chi connectivity index (χ1) is 12.8. The molecule has 0 bridgehead atoms. The molecule has 1 N–H and O–H groups in total. The Bertz CT molecular complexity index is 996. The minimum absolute atomic E-state index is 0.686. The molecule has 0 aliphatic carbocycles. The Kier molecular flexibility index (Phi) is 4.75. The highest BCUT2D eigenvalue weighted by Gasteiger charge is 2.10. The minimum Gasteiger partial charge on any atom is -0.380 e. The first-order valence-corrected chi connectivity index (χ1v) is 8.99. The van der Waals surface area contributed by atoms with Crippen molar-refractivity contribution in [1.82, 2.24) is 19.7 Å². The van der Waals surface area contributed by atoms with Gasteiger partial charge in [-0.25, -0.2) is 9.67 Å². The molecule has 2 heterocycles. The van der Waals surface area contributed by atoms with Crippen LogP contribution in [0.5, 0.6) is 0 Å². The number of halogens is 1. The second-order valence-electron chi connectivity index (χ2n) is 5.74. The molecule has 4 rings (SSSR count). The fraction of sp³-hybridized carbons (Fsp3) is 0.0500. The van der Waals surface area contributed by atoms with Crippen LogP contribution in [0.4, 0.5) is 5.69 Å². The molecule has 5 nitrogen and oxygen atoms in total. The molecule has 0 unspecified atom stereocenters. The molecular formula is C20H16BrN5. The molecule has 6 heteroatoms. The van der Waals surface area contributed by atoms with E-state index in [0.717, 1.165) is 21.4 Å². The number of nitrogens with zero attached hydrogens (tertiary/aromatic N) is 4. The number of rotatable bonds is 5. The van der Waals surface area contributed by atoms with Crippen LogP contribution in [0.25, 0.3) is 17.1 Å². The zero-order valence-corrected chi connectivity index (χ0v) is 15.5. The van der Waals surface area contributed by atoms with Gasteiger partial charge >= 0.3 is 0 Å². The molecule has 4 aromatic rings. The lowest BCUT2D eigenvalue weighted by Crippen LogP contribution is -2.01. The molecule has 0 saturated carbocycles. The Labute approximate surface area is 159 Å². The smallest absolute Gasteiger partial charge is 0.183 e. The molecular weight excluding hydrogens is 390 g/mol. The van der Waals surface area contributed by atoms with Crippen molar-refractivity contribution in [3.8, 4) is 17.1 Å². The summed E-state index contributed by atoms with van der Waals surface area (Å²) in [6.45, 7) is 0.715. The second kappa shape index (κ2) is 7.49. The van der Waals surface area contributed by atoms with Crippen LogP contribution in [0.15, 0.2) is 83.9 Å². The predicted molar refractivity (Wildman–Crippen MR) is 106 cm³/mol.